The van der Waals surface area contributed by atoms with Crippen molar-refractivity contribution in [3.63, 3.8) is 0 Å². The maximum atomic E-state index is 18.4. The second-order valence-electron chi connectivity index (χ2n) is 20.5. The Kier molecular flexibility index (Phi) is 13.8. The van der Waals surface area contributed by atoms with E-state index in [1.54, 1.807) is 67.8 Å². The third kappa shape index (κ3) is 9.74. The van der Waals surface area contributed by atoms with Crippen molar-refractivity contribution in [2.75, 3.05) is 69.3 Å². The molecule has 78 heavy (non-hydrogen) atoms. The molecule has 4 aromatic carbocycles. The second kappa shape index (κ2) is 20.5. The number of aryl methyl sites for hydroxylation is 1. The molecule has 1 saturated carbocycles. The van der Waals surface area contributed by atoms with Gasteiger partial charge in [-0.15, -0.1) is 0 Å². The van der Waals surface area contributed by atoms with Gasteiger partial charge >= 0.3 is 12.2 Å². The summed E-state index contributed by atoms with van der Waals surface area (Å²) in [7, 11) is 4.68. The van der Waals surface area contributed by atoms with Crippen LogP contribution >= 0.6 is 11.6 Å². The SMILES string of the molecule is COc1ccc(CNc2nccnc2[C@@H](C)N2CCOc3c(Cl)c(-c4nc(N(Cc5ccc(OC)cc5)Cc5ccc(OC)cc5)cc(C)c4C(F)(F)F)c(F)c4nc(OC[C@@]56CCCN5C[C@@]5(CC5(F)F)C6)nc2c34)cc1. The van der Waals surface area contributed by atoms with Crippen molar-refractivity contribution in [3.8, 4) is 40.3 Å². The molecule has 0 bridgehead atoms. The van der Waals surface area contributed by atoms with E-state index in [0.717, 1.165) is 23.1 Å². The number of fused-ring (bicyclic) bond motifs is 1. The van der Waals surface area contributed by atoms with Gasteiger partial charge in [0.1, 0.15) is 59.1 Å². The van der Waals surface area contributed by atoms with E-state index in [9.17, 15) is 8.78 Å². The second-order valence-corrected chi connectivity index (χ2v) is 20.9. The van der Waals surface area contributed by atoms with E-state index in [1.807, 2.05) is 60.4 Å². The van der Waals surface area contributed by atoms with Crippen LogP contribution in [0.5, 0.6) is 29.0 Å². The minimum absolute atomic E-state index is 0.0326. The van der Waals surface area contributed by atoms with Crippen molar-refractivity contribution in [3.05, 3.63) is 136 Å². The summed E-state index contributed by atoms with van der Waals surface area (Å²) in [5, 5.41) is 2.86. The van der Waals surface area contributed by atoms with Crippen LogP contribution < -0.4 is 38.8 Å². The Morgan fingerprint density at radius 1 is 0.833 bits per heavy atom. The minimum atomic E-state index is -5.06. The number of halogens is 7. The van der Waals surface area contributed by atoms with Crippen LogP contribution in [0.2, 0.25) is 5.02 Å². The van der Waals surface area contributed by atoms with Gasteiger partial charge < -0.3 is 38.8 Å². The maximum absolute atomic E-state index is 18.4. The molecule has 3 fully saturated rings. The highest BCUT2D eigenvalue weighted by atomic mass is 35.5. The zero-order valence-corrected chi connectivity index (χ0v) is 44.2. The van der Waals surface area contributed by atoms with Gasteiger partial charge in [0, 0.05) is 45.0 Å². The highest BCUT2D eigenvalue weighted by molar-refractivity contribution is 6.36. The molecule has 4 aliphatic rings. The summed E-state index contributed by atoms with van der Waals surface area (Å²) >= 11 is 7.30. The number of methoxy groups -OCH3 is 3. The zero-order chi connectivity index (χ0) is 54.7. The van der Waals surface area contributed by atoms with Gasteiger partial charge in [-0.25, -0.2) is 23.1 Å². The summed E-state index contributed by atoms with van der Waals surface area (Å²) in [6.45, 7) is 4.57. The fourth-order valence-electron chi connectivity index (χ4n) is 11.6. The number of alkyl halides is 5. The highest BCUT2D eigenvalue weighted by Crippen LogP contribution is 2.69. The van der Waals surface area contributed by atoms with Gasteiger partial charge in [0.25, 0.3) is 5.92 Å². The number of pyridine rings is 1. The molecule has 6 heterocycles. The molecule has 14 nitrogen and oxygen atoms in total. The first-order valence-corrected chi connectivity index (χ1v) is 26.0. The van der Waals surface area contributed by atoms with Crippen LogP contribution in [-0.4, -0.2) is 95.5 Å². The Hall–Kier alpha value is -7.32. The predicted molar refractivity (Wildman–Crippen MR) is 283 cm³/mol. The number of nitrogens with one attached hydrogen (secondary N) is 1. The Morgan fingerprint density at radius 3 is 2.05 bits per heavy atom. The topological polar surface area (TPSA) is 132 Å². The molecular weight excluding hydrogens is 1040 g/mol. The lowest BCUT2D eigenvalue weighted by Crippen LogP contribution is -2.43. The monoisotopic (exact) mass is 1100 g/mol. The van der Waals surface area contributed by atoms with Crippen LogP contribution in [0, 0.1) is 18.2 Å². The van der Waals surface area contributed by atoms with Crippen molar-refractivity contribution in [1.29, 1.82) is 0 Å². The number of ether oxygens (including phenoxy) is 5. The summed E-state index contributed by atoms with van der Waals surface area (Å²) in [5.74, 6) is -1.67. The van der Waals surface area contributed by atoms with Crippen LogP contribution in [0.25, 0.3) is 22.2 Å². The van der Waals surface area contributed by atoms with Crippen LogP contribution in [-0.2, 0) is 25.8 Å². The number of benzene rings is 4. The first-order valence-electron chi connectivity index (χ1n) is 25.6. The Bertz CT molecular complexity index is 3330. The van der Waals surface area contributed by atoms with Gasteiger partial charge in [0.05, 0.1) is 72.1 Å². The number of nitrogens with zero attached hydrogens (tertiary/aromatic N) is 8. The Morgan fingerprint density at radius 2 is 1.45 bits per heavy atom. The molecular formula is C57H56ClF6N9O5. The van der Waals surface area contributed by atoms with Gasteiger partial charge in [-0.05, 0) is 104 Å². The van der Waals surface area contributed by atoms with E-state index < -0.39 is 62.3 Å². The van der Waals surface area contributed by atoms with Gasteiger partial charge in [-0.1, -0.05) is 48.0 Å². The van der Waals surface area contributed by atoms with E-state index in [-0.39, 0.29) is 86.6 Å². The van der Waals surface area contributed by atoms with E-state index >= 15 is 17.6 Å². The maximum Gasteiger partial charge on any atom is 0.418 e. The van der Waals surface area contributed by atoms with Crippen molar-refractivity contribution < 1.29 is 50.0 Å². The van der Waals surface area contributed by atoms with E-state index in [1.165, 1.54) is 13.0 Å². The standard InChI is InChI=1S/C57H56ClF6N9O5/c1-33-25-41(71(27-36-9-15-39(75-4)16-10-36)28-37-11-17-40(76-5)18-12-37)68-48(44(33)57(62,63)64)42-45(58)50-43-49(46(42)59)69-53(78-32-55-19-6-22-72(55)31-54(29-55)30-56(54,60)61)70-52(43)73(23-24-77-50)34(2)47-51(66-21-20-65-47)67-26-35-7-13-38(74-3)14-8-35/h7-18,20-21,25,34H,6,19,22-24,26-32H2,1-5H3,(H,66,67)/t34-,54+,55+/m1/s1. The molecule has 3 atom stereocenters. The zero-order valence-electron chi connectivity index (χ0n) is 43.5. The predicted octanol–water partition coefficient (Wildman–Crippen LogP) is 12.0. The molecule has 7 aromatic rings. The van der Waals surface area contributed by atoms with Crippen LogP contribution in [0.15, 0.2) is 91.3 Å². The molecule has 3 aliphatic heterocycles. The summed E-state index contributed by atoms with van der Waals surface area (Å²) < 4.78 is 124. The van der Waals surface area contributed by atoms with Crippen LogP contribution in [0.1, 0.15) is 72.2 Å². The summed E-state index contributed by atoms with van der Waals surface area (Å²) in [6.07, 6.45) is -0.652. The van der Waals surface area contributed by atoms with Crippen molar-refractivity contribution in [2.24, 2.45) is 5.41 Å². The fourth-order valence-corrected chi connectivity index (χ4v) is 11.9. The molecule has 2 saturated heterocycles. The Labute approximate surface area is 451 Å². The van der Waals surface area contributed by atoms with Gasteiger partial charge in [-0.2, -0.15) is 23.1 Å². The molecule has 0 radical (unpaired) electrons. The fraction of sp³-hybridized carbons (Fsp3) is 0.386. The molecule has 408 valence electrons. The quantitative estimate of drug-likeness (QED) is 0.0868. The van der Waals surface area contributed by atoms with Crippen molar-refractivity contribution in [2.45, 2.75) is 82.8 Å². The number of hydrogen-bond donors (Lipinski definition) is 1. The average Bonchev–Trinajstić information content (AvgIpc) is 3.11. The molecule has 0 amide bonds. The minimum Gasteiger partial charge on any atom is -0.497 e. The van der Waals surface area contributed by atoms with E-state index in [0.29, 0.717) is 48.3 Å². The normalized spacial score (nSPS) is 19.8. The third-order valence-electron chi connectivity index (χ3n) is 15.7. The number of rotatable bonds is 17. The average molecular weight is 1100 g/mol. The van der Waals surface area contributed by atoms with E-state index in [2.05, 4.69) is 15.3 Å². The highest BCUT2D eigenvalue weighted by Gasteiger charge is 2.77. The number of aromatic nitrogens is 5. The summed E-state index contributed by atoms with van der Waals surface area (Å²) in [6, 6.07) is 22.3. The van der Waals surface area contributed by atoms with Gasteiger partial charge in [0.2, 0.25) is 0 Å². The number of hydrogen-bond acceptors (Lipinski definition) is 14. The Balaban J connectivity index is 1.05. The first kappa shape index (κ1) is 52.7. The third-order valence-corrected chi connectivity index (χ3v) is 16.1. The van der Waals surface area contributed by atoms with Crippen molar-refractivity contribution in [1.82, 2.24) is 29.8 Å². The van der Waals surface area contributed by atoms with Gasteiger partial charge in [0.15, 0.2) is 11.6 Å². The summed E-state index contributed by atoms with van der Waals surface area (Å²) in [4.78, 5) is 29.3. The molecule has 21 heteroatoms. The van der Waals surface area contributed by atoms with Crippen LogP contribution in [0.4, 0.5) is 43.8 Å². The van der Waals surface area contributed by atoms with E-state index in [4.69, 9.17) is 50.2 Å². The first-order chi connectivity index (χ1) is 37.4. The number of anilines is 3. The lowest BCUT2D eigenvalue weighted by Gasteiger charge is -2.32. The molecule has 3 aromatic heterocycles. The largest absolute Gasteiger partial charge is 0.497 e. The van der Waals surface area contributed by atoms with Crippen LogP contribution in [0.3, 0.4) is 0 Å². The molecule has 0 unspecified atom stereocenters. The lowest BCUT2D eigenvalue weighted by atomic mass is 9.89. The molecule has 11 rings (SSSR count). The molecule has 1 spiro atoms. The van der Waals surface area contributed by atoms with Gasteiger partial charge in [-0.3, -0.25) is 9.88 Å². The molecule has 1 N–H and O–H groups in total. The van der Waals surface area contributed by atoms with Crippen molar-refractivity contribution >= 4 is 40.0 Å². The lowest BCUT2D eigenvalue weighted by molar-refractivity contribution is -0.137. The molecule has 1 aliphatic carbocycles. The smallest absolute Gasteiger partial charge is 0.418 e. The summed E-state index contributed by atoms with van der Waals surface area (Å²) in [5.41, 5.74) is -2.36.